The lowest BCUT2D eigenvalue weighted by Gasteiger charge is -2.34. The van der Waals surface area contributed by atoms with E-state index in [1.807, 2.05) is 49.3 Å². The minimum absolute atomic E-state index is 0.0238. The number of carbonyl (C=O) groups is 2. The van der Waals surface area contributed by atoms with Gasteiger partial charge in [0.1, 0.15) is 6.04 Å². The number of amides is 2. The van der Waals surface area contributed by atoms with E-state index in [1.165, 1.54) is 0 Å². The normalized spacial score (nSPS) is 26.5. The molecule has 0 bridgehead atoms. The second kappa shape index (κ2) is 4.35. The number of rotatable bonds is 2. The number of benzene rings is 1. The average molecular weight is 259 g/mol. The minimum atomic E-state index is -0.310. The first-order valence-electron chi connectivity index (χ1n) is 6.47. The predicted octanol–water partition coefficient (Wildman–Crippen LogP) is 0.869. The van der Waals surface area contributed by atoms with Crippen molar-refractivity contribution in [3.8, 4) is 0 Å². The summed E-state index contributed by atoms with van der Waals surface area (Å²) in [6, 6.07) is 9.24. The lowest BCUT2D eigenvalue weighted by Crippen LogP contribution is -2.51. The largest absolute Gasteiger partial charge is 0.297 e. The lowest BCUT2D eigenvalue weighted by atomic mass is 10.2. The van der Waals surface area contributed by atoms with Crippen LogP contribution in [0.2, 0.25) is 0 Å². The summed E-state index contributed by atoms with van der Waals surface area (Å²) in [6.07, 6.45) is 0.796. The summed E-state index contributed by atoms with van der Waals surface area (Å²) in [5, 5.41) is 0. The molecule has 0 radical (unpaired) electrons. The zero-order valence-electron chi connectivity index (χ0n) is 11.1. The maximum absolute atomic E-state index is 12.6. The number of nitrogens with zero attached hydrogens (tertiary/aromatic N) is 3. The van der Waals surface area contributed by atoms with Gasteiger partial charge in [-0.3, -0.25) is 24.3 Å². The smallest absolute Gasteiger partial charge is 0.252 e. The summed E-state index contributed by atoms with van der Waals surface area (Å²) < 4.78 is 0. The molecule has 100 valence electrons. The monoisotopic (exact) mass is 259 g/mol. The van der Waals surface area contributed by atoms with Crippen LogP contribution < -0.4 is 4.90 Å². The number of hydrogen-bond acceptors (Lipinski definition) is 3. The molecule has 0 aliphatic carbocycles. The van der Waals surface area contributed by atoms with Crippen LogP contribution in [-0.4, -0.2) is 48.0 Å². The van der Waals surface area contributed by atoms with Crippen molar-refractivity contribution in [2.24, 2.45) is 0 Å². The molecule has 1 aromatic carbocycles. The van der Waals surface area contributed by atoms with Gasteiger partial charge in [-0.05, 0) is 32.6 Å². The lowest BCUT2D eigenvalue weighted by molar-refractivity contribution is -0.133. The molecule has 2 fully saturated rings. The molecule has 2 saturated heterocycles. The van der Waals surface area contributed by atoms with E-state index in [9.17, 15) is 9.59 Å². The second-order valence-corrected chi connectivity index (χ2v) is 5.21. The summed E-state index contributed by atoms with van der Waals surface area (Å²) in [5.41, 5.74) is 0.841. The molecule has 2 aliphatic heterocycles. The number of carbonyl (C=O) groups excluding carboxylic acids is 2. The summed E-state index contributed by atoms with van der Waals surface area (Å²) in [4.78, 5) is 29.9. The fraction of sp³-hybridized carbons (Fsp3) is 0.429. The number of anilines is 1. The van der Waals surface area contributed by atoms with Crippen molar-refractivity contribution in [3.63, 3.8) is 0 Å². The van der Waals surface area contributed by atoms with E-state index < -0.39 is 0 Å². The fourth-order valence-electron chi connectivity index (χ4n) is 2.96. The molecule has 0 spiro atoms. The molecule has 1 aromatic rings. The third kappa shape index (κ3) is 1.73. The van der Waals surface area contributed by atoms with Gasteiger partial charge < -0.3 is 0 Å². The first-order valence-corrected chi connectivity index (χ1v) is 6.47. The van der Waals surface area contributed by atoms with Gasteiger partial charge in [0.15, 0.2) is 6.29 Å². The Kier molecular flexibility index (Phi) is 2.78. The van der Waals surface area contributed by atoms with Gasteiger partial charge in [-0.1, -0.05) is 18.2 Å². The van der Waals surface area contributed by atoms with Crippen LogP contribution in [0.1, 0.15) is 12.8 Å². The predicted molar refractivity (Wildman–Crippen MR) is 71.3 cm³/mol. The van der Waals surface area contributed by atoms with E-state index in [0.29, 0.717) is 12.8 Å². The second-order valence-electron chi connectivity index (χ2n) is 5.21. The molecule has 2 aliphatic rings. The zero-order valence-corrected chi connectivity index (χ0v) is 11.1. The van der Waals surface area contributed by atoms with Crippen molar-refractivity contribution >= 4 is 17.5 Å². The Morgan fingerprint density at radius 3 is 2.47 bits per heavy atom. The van der Waals surface area contributed by atoms with Crippen molar-refractivity contribution < 1.29 is 9.59 Å². The van der Waals surface area contributed by atoms with Crippen LogP contribution in [0.15, 0.2) is 30.3 Å². The third-order valence-corrected chi connectivity index (χ3v) is 3.75. The van der Waals surface area contributed by atoms with Gasteiger partial charge in [0, 0.05) is 12.1 Å². The highest BCUT2D eigenvalue weighted by molar-refractivity contribution is 6.04. The van der Waals surface area contributed by atoms with Crippen molar-refractivity contribution in [2.45, 2.75) is 25.2 Å². The van der Waals surface area contributed by atoms with Gasteiger partial charge in [0.25, 0.3) is 5.91 Å². The van der Waals surface area contributed by atoms with E-state index in [2.05, 4.69) is 0 Å². The van der Waals surface area contributed by atoms with Gasteiger partial charge in [-0.15, -0.1) is 0 Å². The van der Waals surface area contributed by atoms with Crippen molar-refractivity contribution in [1.29, 1.82) is 0 Å². The Labute approximate surface area is 112 Å². The van der Waals surface area contributed by atoms with E-state index in [4.69, 9.17) is 0 Å². The van der Waals surface area contributed by atoms with Crippen LogP contribution in [-0.2, 0) is 9.59 Å². The summed E-state index contributed by atoms with van der Waals surface area (Å²) in [7, 11) is 3.78. The van der Waals surface area contributed by atoms with Crippen LogP contribution in [0.3, 0.4) is 0 Å². The Morgan fingerprint density at radius 1 is 1.16 bits per heavy atom. The fourth-order valence-corrected chi connectivity index (χ4v) is 2.96. The molecule has 2 amide bonds. The molecule has 0 aromatic heterocycles. The summed E-state index contributed by atoms with van der Waals surface area (Å²) >= 11 is 0. The molecular weight excluding hydrogens is 242 g/mol. The van der Waals surface area contributed by atoms with Crippen molar-refractivity contribution in [2.75, 3.05) is 19.0 Å². The van der Waals surface area contributed by atoms with E-state index in [0.717, 1.165) is 5.69 Å². The number of hydrogen-bond donors (Lipinski definition) is 0. The molecule has 0 unspecified atom stereocenters. The zero-order chi connectivity index (χ0) is 13.6. The molecule has 19 heavy (non-hydrogen) atoms. The van der Waals surface area contributed by atoms with Gasteiger partial charge in [0.2, 0.25) is 5.91 Å². The maximum Gasteiger partial charge on any atom is 0.252 e. The molecule has 5 nitrogen and oxygen atoms in total. The Balaban J connectivity index is 2.04. The van der Waals surface area contributed by atoms with Crippen LogP contribution in [0.25, 0.3) is 0 Å². The van der Waals surface area contributed by atoms with Crippen molar-refractivity contribution in [3.05, 3.63) is 30.3 Å². The minimum Gasteiger partial charge on any atom is -0.297 e. The standard InChI is InChI=1S/C14H17N3O2/c1-15(2)14-16(10-6-4-3-5-7-10)13(19)11-8-9-12(18)17(11)14/h3-7,11,14H,8-9H2,1-2H3/t11-,14+/m1/s1. The summed E-state index contributed by atoms with van der Waals surface area (Å²) in [5.74, 6) is 0.0891. The molecule has 0 saturated carbocycles. The highest BCUT2D eigenvalue weighted by Gasteiger charge is 2.52. The van der Waals surface area contributed by atoms with Crippen LogP contribution in [0, 0.1) is 0 Å². The molecular formula is C14H17N3O2. The molecule has 0 N–H and O–H groups in total. The quantitative estimate of drug-likeness (QED) is 0.791. The highest BCUT2D eigenvalue weighted by atomic mass is 16.2. The SMILES string of the molecule is CN(C)[C@H]1N(c2ccccc2)C(=O)[C@H]2CCC(=O)N21. The van der Waals surface area contributed by atoms with Gasteiger partial charge in [0.05, 0.1) is 0 Å². The maximum atomic E-state index is 12.6. The summed E-state index contributed by atoms with van der Waals surface area (Å²) in [6.45, 7) is 0. The Bertz CT molecular complexity index is 515. The van der Waals surface area contributed by atoms with Crippen LogP contribution >= 0.6 is 0 Å². The molecule has 5 heteroatoms. The average Bonchev–Trinajstić information content (AvgIpc) is 2.90. The first kappa shape index (κ1) is 12.2. The van der Waals surface area contributed by atoms with E-state index >= 15 is 0 Å². The number of para-hydroxylation sites is 1. The Morgan fingerprint density at radius 2 is 1.84 bits per heavy atom. The molecule has 2 heterocycles. The Hall–Kier alpha value is -1.88. The topological polar surface area (TPSA) is 43.9 Å². The van der Waals surface area contributed by atoms with E-state index in [1.54, 1.807) is 9.80 Å². The molecule has 2 atom stereocenters. The van der Waals surface area contributed by atoms with Gasteiger partial charge in [-0.25, -0.2) is 0 Å². The molecule has 3 rings (SSSR count). The van der Waals surface area contributed by atoms with Gasteiger partial charge >= 0.3 is 0 Å². The first-order chi connectivity index (χ1) is 9.11. The van der Waals surface area contributed by atoms with Crippen molar-refractivity contribution in [1.82, 2.24) is 9.80 Å². The highest BCUT2D eigenvalue weighted by Crippen LogP contribution is 2.35. The van der Waals surface area contributed by atoms with Gasteiger partial charge in [-0.2, -0.15) is 0 Å². The third-order valence-electron chi connectivity index (χ3n) is 3.75. The number of fused-ring (bicyclic) bond motifs is 1. The van der Waals surface area contributed by atoms with E-state index in [-0.39, 0.29) is 24.1 Å². The van der Waals surface area contributed by atoms with Crippen LogP contribution in [0.4, 0.5) is 5.69 Å². The van der Waals surface area contributed by atoms with Crippen LogP contribution in [0.5, 0.6) is 0 Å².